The molecule has 1 unspecified atom stereocenters. The van der Waals surface area contributed by atoms with Gasteiger partial charge in [-0.1, -0.05) is 33.6 Å². The maximum Gasteiger partial charge on any atom is 0.1000 e. The molecule has 1 atom stereocenters. The van der Waals surface area contributed by atoms with Gasteiger partial charge in [0, 0.05) is 26.6 Å². The Morgan fingerprint density at radius 3 is 2.50 bits per heavy atom. The topological polar surface area (TPSA) is 33.1 Å². The van der Waals surface area contributed by atoms with Crippen molar-refractivity contribution >= 4 is 43.5 Å². The first-order chi connectivity index (χ1) is 8.56. The minimum atomic E-state index is -0.656. The molecule has 0 amide bonds. The molecule has 0 aliphatic rings. The first-order valence-corrected chi connectivity index (χ1v) is 7.26. The highest BCUT2D eigenvalue weighted by Crippen LogP contribution is 2.26. The fourth-order valence-electron chi connectivity index (χ4n) is 1.58. The Hall–Kier alpha value is -0.420. The van der Waals surface area contributed by atoms with Gasteiger partial charge in [0.05, 0.1) is 11.8 Å². The Morgan fingerprint density at radius 2 is 1.89 bits per heavy atom. The lowest BCUT2D eigenvalue weighted by Gasteiger charge is -2.11. The van der Waals surface area contributed by atoms with Crippen molar-refractivity contribution in [3.05, 3.63) is 61.8 Å². The van der Waals surface area contributed by atoms with Crippen LogP contribution >= 0.6 is 43.5 Å². The van der Waals surface area contributed by atoms with Crippen molar-refractivity contribution in [1.82, 2.24) is 4.98 Å². The van der Waals surface area contributed by atoms with Crippen molar-refractivity contribution in [2.45, 2.75) is 12.5 Å². The van der Waals surface area contributed by atoms with E-state index in [1.165, 1.54) is 0 Å². The summed E-state index contributed by atoms with van der Waals surface area (Å²) < 4.78 is 1.81. The van der Waals surface area contributed by atoms with Gasteiger partial charge in [-0.25, -0.2) is 0 Å². The number of halogens is 3. The van der Waals surface area contributed by atoms with Gasteiger partial charge >= 0.3 is 0 Å². The van der Waals surface area contributed by atoms with E-state index in [1.54, 1.807) is 12.3 Å². The summed E-state index contributed by atoms with van der Waals surface area (Å²) in [5.74, 6) is 0. The number of aliphatic hydroxyl groups is 1. The first kappa shape index (κ1) is 14.0. The van der Waals surface area contributed by atoms with Crippen LogP contribution in [0.3, 0.4) is 0 Å². The van der Waals surface area contributed by atoms with Gasteiger partial charge in [-0.05, 0) is 45.8 Å². The molecule has 2 nitrogen and oxygen atoms in total. The predicted molar refractivity (Wildman–Crippen MR) is 79.8 cm³/mol. The molecule has 0 aliphatic heterocycles. The molecule has 1 heterocycles. The Labute approximate surface area is 127 Å². The summed E-state index contributed by atoms with van der Waals surface area (Å²) in [5.41, 5.74) is 1.54. The van der Waals surface area contributed by atoms with Crippen LogP contribution in [0.4, 0.5) is 0 Å². The highest BCUT2D eigenvalue weighted by molar-refractivity contribution is 9.10. The SMILES string of the molecule is OC(Cc1ccc(Br)cc1Cl)c1ccc(Br)cn1. The molecule has 2 rings (SSSR count). The molecule has 94 valence electrons. The molecule has 1 aromatic heterocycles. The molecule has 0 saturated carbocycles. The zero-order valence-corrected chi connectivity index (χ0v) is 13.2. The van der Waals surface area contributed by atoms with E-state index in [-0.39, 0.29) is 0 Å². The molecule has 1 N–H and O–H groups in total. The molecule has 0 fully saturated rings. The number of aromatic nitrogens is 1. The number of nitrogens with zero attached hydrogens (tertiary/aromatic N) is 1. The minimum absolute atomic E-state index is 0.445. The van der Waals surface area contributed by atoms with Gasteiger partial charge in [0.25, 0.3) is 0 Å². The predicted octanol–water partition coefficient (Wildman–Crippen LogP) is 4.54. The molecular formula is C13H10Br2ClNO. The van der Waals surface area contributed by atoms with Crippen LogP contribution in [0.5, 0.6) is 0 Å². The standard InChI is InChI=1S/C13H10Br2ClNO/c14-9-2-1-8(11(16)6-9)5-13(18)12-4-3-10(15)7-17-12/h1-4,6-7,13,18H,5H2. The summed E-state index contributed by atoms with van der Waals surface area (Å²) in [7, 11) is 0. The van der Waals surface area contributed by atoms with Crippen LogP contribution in [-0.2, 0) is 6.42 Å². The third-order valence-electron chi connectivity index (χ3n) is 2.52. The first-order valence-electron chi connectivity index (χ1n) is 5.29. The van der Waals surface area contributed by atoms with Gasteiger partial charge in [0.1, 0.15) is 0 Å². The molecule has 5 heteroatoms. The Balaban J connectivity index is 2.15. The summed E-state index contributed by atoms with van der Waals surface area (Å²) >= 11 is 12.8. The summed E-state index contributed by atoms with van der Waals surface area (Å²) in [5, 5.41) is 10.7. The summed E-state index contributed by atoms with van der Waals surface area (Å²) in [6.45, 7) is 0. The zero-order valence-electron chi connectivity index (χ0n) is 9.28. The summed E-state index contributed by atoms with van der Waals surface area (Å²) in [6.07, 6.45) is 1.46. The smallest absolute Gasteiger partial charge is 0.1000 e. The van der Waals surface area contributed by atoms with E-state index in [0.29, 0.717) is 17.1 Å². The van der Waals surface area contributed by atoms with Crippen LogP contribution in [0.25, 0.3) is 0 Å². The normalized spacial score (nSPS) is 12.4. The van der Waals surface area contributed by atoms with Crippen molar-refractivity contribution in [2.75, 3.05) is 0 Å². The average Bonchev–Trinajstić information content (AvgIpc) is 2.33. The highest BCUT2D eigenvalue weighted by atomic mass is 79.9. The zero-order chi connectivity index (χ0) is 13.1. The van der Waals surface area contributed by atoms with Gasteiger partial charge in [-0.15, -0.1) is 0 Å². The lowest BCUT2D eigenvalue weighted by molar-refractivity contribution is 0.173. The maximum atomic E-state index is 10.1. The van der Waals surface area contributed by atoms with Crippen LogP contribution in [0.15, 0.2) is 45.5 Å². The van der Waals surface area contributed by atoms with Crippen molar-refractivity contribution < 1.29 is 5.11 Å². The minimum Gasteiger partial charge on any atom is -0.386 e. The number of hydrogen-bond acceptors (Lipinski definition) is 2. The second-order valence-corrected chi connectivity index (χ2v) is 6.10. The Bertz CT molecular complexity index is 545. The number of benzene rings is 1. The van der Waals surface area contributed by atoms with E-state index in [0.717, 1.165) is 14.5 Å². The maximum absolute atomic E-state index is 10.1. The molecule has 0 radical (unpaired) electrons. The van der Waals surface area contributed by atoms with E-state index in [9.17, 15) is 5.11 Å². The fraction of sp³-hybridized carbons (Fsp3) is 0.154. The number of hydrogen-bond donors (Lipinski definition) is 1. The van der Waals surface area contributed by atoms with Gasteiger partial charge in [0.2, 0.25) is 0 Å². The van der Waals surface area contributed by atoms with Gasteiger partial charge in [-0.3, -0.25) is 4.98 Å². The molecule has 1 aromatic carbocycles. The number of pyridine rings is 1. The molecule has 2 aromatic rings. The van der Waals surface area contributed by atoms with E-state index in [4.69, 9.17) is 11.6 Å². The summed E-state index contributed by atoms with van der Waals surface area (Å²) in [6, 6.07) is 9.27. The third-order valence-corrected chi connectivity index (χ3v) is 3.83. The van der Waals surface area contributed by atoms with Crippen LogP contribution in [0.1, 0.15) is 17.4 Å². The lowest BCUT2D eigenvalue weighted by atomic mass is 10.1. The average molecular weight is 391 g/mol. The monoisotopic (exact) mass is 389 g/mol. The Morgan fingerprint density at radius 1 is 1.17 bits per heavy atom. The van der Waals surface area contributed by atoms with E-state index < -0.39 is 6.10 Å². The van der Waals surface area contributed by atoms with Crippen molar-refractivity contribution in [3.63, 3.8) is 0 Å². The van der Waals surface area contributed by atoms with Crippen molar-refractivity contribution in [1.29, 1.82) is 0 Å². The molecule has 0 spiro atoms. The highest BCUT2D eigenvalue weighted by Gasteiger charge is 2.12. The molecule has 18 heavy (non-hydrogen) atoms. The molecule has 0 aliphatic carbocycles. The van der Waals surface area contributed by atoms with E-state index in [2.05, 4.69) is 36.8 Å². The quantitative estimate of drug-likeness (QED) is 0.834. The van der Waals surface area contributed by atoms with Crippen LogP contribution < -0.4 is 0 Å². The summed E-state index contributed by atoms with van der Waals surface area (Å²) in [4.78, 5) is 4.17. The second kappa shape index (κ2) is 6.15. The van der Waals surface area contributed by atoms with Gasteiger partial charge in [0.15, 0.2) is 0 Å². The molecule has 0 saturated heterocycles. The molecular weight excluding hydrogens is 381 g/mol. The van der Waals surface area contributed by atoms with Crippen molar-refractivity contribution in [3.8, 4) is 0 Å². The van der Waals surface area contributed by atoms with Crippen molar-refractivity contribution in [2.24, 2.45) is 0 Å². The Kier molecular flexibility index (Phi) is 4.78. The van der Waals surface area contributed by atoms with Gasteiger partial charge < -0.3 is 5.11 Å². The van der Waals surface area contributed by atoms with Crippen LogP contribution in [-0.4, -0.2) is 10.1 Å². The number of aliphatic hydroxyl groups excluding tert-OH is 1. The van der Waals surface area contributed by atoms with E-state index >= 15 is 0 Å². The van der Waals surface area contributed by atoms with Crippen LogP contribution in [0, 0.1) is 0 Å². The largest absolute Gasteiger partial charge is 0.386 e. The fourth-order valence-corrected chi connectivity index (χ4v) is 2.57. The second-order valence-electron chi connectivity index (χ2n) is 3.86. The van der Waals surface area contributed by atoms with Crippen LogP contribution in [0.2, 0.25) is 5.02 Å². The van der Waals surface area contributed by atoms with E-state index in [1.807, 2.05) is 24.3 Å². The third kappa shape index (κ3) is 3.54. The van der Waals surface area contributed by atoms with Gasteiger partial charge in [-0.2, -0.15) is 0 Å². The lowest BCUT2D eigenvalue weighted by Crippen LogP contribution is -2.04. The number of rotatable bonds is 3. The molecule has 0 bridgehead atoms.